The van der Waals surface area contributed by atoms with Gasteiger partial charge in [-0.25, -0.2) is 13.6 Å². The molecule has 1 rings (SSSR count). The van der Waals surface area contributed by atoms with Gasteiger partial charge in [-0.15, -0.1) is 11.3 Å². The highest BCUT2D eigenvalue weighted by atomic mass is 79.9. The van der Waals surface area contributed by atoms with Gasteiger partial charge in [0.25, 0.3) is 0 Å². The van der Waals surface area contributed by atoms with E-state index in [1.54, 1.807) is 6.92 Å². The summed E-state index contributed by atoms with van der Waals surface area (Å²) in [6, 6.07) is 0. The van der Waals surface area contributed by atoms with Gasteiger partial charge in [0.1, 0.15) is 4.90 Å². The Bertz CT molecular complexity index is 407. The standard InChI is InChI=1S/C6H8BrNO2S2/c1-3-5(7)6(4(2)11-3)12(8,9)10/h1-2H3,(H2,8,9,10). The summed E-state index contributed by atoms with van der Waals surface area (Å²) in [6.07, 6.45) is 0. The Balaban J connectivity index is 3.54. The van der Waals surface area contributed by atoms with Crippen molar-refractivity contribution in [2.75, 3.05) is 0 Å². The van der Waals surface area contributed by atoms with Crippen molar-refractivity contribution in [1.29, 1.82) is 0 Å². The predicted molar refractivity (Wildman–Crippen MR) is 52.9 cm³/mol. The quantitative estimate of drug-likeness (QED) is 0.845. The minimum atomic E-state index is -3.58. The van der Waals surface area contributed by atoms with Crippen LogP contribution in [0.25, 0.3) is 0 Å². The summed E-state index contributed by atoms with van der Waals surface area (Å²) in [7, 11) is -3.58. The maximum atomic E-state index is 11.0. The summed E-state index contributed by atoms with van der Waals surface area (Å²) >= 11 is 4.60. The molecule has 0 aliphatic carbocycles. The first-order valence-electron chi connectivity index (χ1n) is 3.12. The fourth-order valence-electron chi connectivity index (χ4n) is 0.960. The van der Waals surface area contributed by atoms with Crippen molar-refractivity contribution in [1.82, 2.24) is 0 Å². The average molecular weight is 270 g/mol. The van der Waals surface area contributed by atoms with Crippen molar-refractivity contribution < 1.29 is 8.42 Å². The summed E-state index contributed by atoms with van der Waals surface area (Å²) in [6.45, 7) is 3.58. The van der Waals surface area contributed by atoms with Gasteiger partial charge in [-0.1, -0.05) is 0 Å². The molecule has 6 heteroatoms. The van der Waals surface area contributed by atoms with Gasteiger partial charge in [0.05, 0.1) is 4.47 Å². The van der Waals surface area contributed by atoms with E-state index in [0.29, 0.717) is 4.47 Å². The Morgan fingerprint density at radius 1 is 1.33 bits per heavy atom. The summed E-state index contributed by atoms with van der Waals surface area (Å²) < 4.78 is 22.7. The van der Waals surface area contributed by atoms with E-state index in [1.807, 2.05) is 6.92 Å². The van der Waals surface area contributed by atoms with E-state index in [0.717, 1.165) is 9.75 Å². The summed E-state index contributed by atoms with van der Waals surface area (Å²) in [5.41, 5.74) is 0. The number of rotatable bonds is 1. The van der Waals surface area contributed by atoms with Crippen molar-refractivity contribution in [2.45, 2.75) is 18.7 Å². The van der Waals surface area contributed by atoms with Crippen LogP contribution in [0.5, 0.6) is 0 Å². The molecule has 0 unspecified atom stereocenters. The molecule has 2 N–H and O–H groups in total. The highest BCUT2D eigenvalue weighted by Gasteiger charge is 2.19. The molecule has 0 saturated heterocycles. The Morgan fingerprint density at radius 3 is 2.00 bits per heavy atom. The second-order valence-corrected chi connectivity index (χ2v) is 6.12. The number of primary sulfonamides is 1. The number of nitrogens with two attached hydrogens (primary N) is 1. The molecule has 0 bridgehead atoms. The molecule has 1 heterocycles. The first-order chi connectivity index (χ1) is 5.34. The molecule has 68 valence electrons. The van der Waals surface area contributed by atoms with Gasteiger partial charge in [0.15, 0.2) is 0 Å². The first kappa shape index (κ1) is 10.2. The van der Waals surface area contributed by atoms with E-state index < -0.39 is 10.0 Å². The lowest BCUT2D eigenvalue weighted by Crippen LogP contribution is -2.12. The van der Waals surface area contributed by atoms with Gasteiger partial charge in [-0.2, -0.15) is 0 Å². The fourth-order valence-corrected chi connectivity index (χ4v) is 4.50. The minimum absolute atomic E-state index is 0.213. The van der Waals surface area contributed by atoms with Crippen molar-refractivity contribution in [3.63, 3.8) is 0 Å². The van der Waals surface area contributed by atoms with E-state index in [1.165, 1.54) is 11.3 Å². The molecule has 12 heavy (non-hydrogen) atoms. The summed E-state index contributed by atoms with van der Waals surface area (Å²) in [5.74, 6) is 0. The third-order valence-electron chi connectivity index (χ3n) is 1.42. The zero-order chi connectivity index (χ0) is 9.52. The van der Waals surface area contributed by atoms with Gasteiger partial charge in [0.2, 0.25) is 10.0 Å². The molecule has 0 aliphatic rings. The Morgan fingerprint density at radius 2 is 1.83 bits per heavy atom. The first-order valence-corrected chi connectivity index (χ1v) is 6.28. The lowest BCUT2D eigenvalue weighted by molar-refractivity contribution is 0.597. The molecular formula is C6H8BrNO2S2. The van der Waals surface area contributed by atoms with Crippen LogP contribution in [0.1, 0.15) is 9.75 Å². The molecule has 0 saturated carbocycles. The summed E-state index contributed by atoms with van der Waals surface area (Å²) in [4.78, 5) is 1.86. The van der Waals surface area contributed by atoms with Crippen molar-refractivity contribution >= 4 is 37.3 Å². The van der Waals surface area contributed by atoms with Gasteiger partial charge >= 0.3 is 0 Å². The number of hydrogen-bond acceptors (Lipinski definition) is 3. The minimum Gasteiger partial charge on any atom is -0.225 e. The van der Waals surface area contributed by atoms with E-state index in [4.69, 9.17) is 5.14 Å². The lowest BCUT2D eigenvalue weighted by atomic mass is 10.4. The second kappa shape index (κ2) is 3.10. The zero-order valence-corrected chi connectivity index (χ0v) is 9.81. The van der Waals surface area contributed by atoms with E-state index in [9.17, 15) is 8.42 Å². The summed E-state index contributed by atoms with van der Waals surface area (Å²) in [5, 5.41) is 5.02. The van der Waals surface area contributed by atoms with Crippen LogP contribution in [-0.4, -0.2) is 8.42 Å². The Labute approximate surface area is 83.8 Å². The number of aryl methyl sites for hydroxylation is 2. The fraction of sp³-hybridized carbons (Fsp3) is 0.333. The third-order valence-corrected chi connectivity index (χ3v) is 5.16. The molecule has 1 aromatic heterocycles. The maximum absolute atomic E-state index is 11.0. The monoisotopic (exact) mass is 269 g/mol. The van der Waals surface area contributed by atoms with Crippen LogP contribution in [0.15, 0.2) is 9.37 Å². The van der Waals surface area contributed by atoms with Crippen molar-refractivity contribution in [3.8, 4) is 0 Å². The zero-order valence-electron chi connectivity index (χ0n) is 6.59. The highest BCUT2D eigenvalue weighted by Crippen LogP contribution is 2.34. The SMILES string of the molecule is Cc1sc(C)c(S(N)(=O)=O)c1Br. The molecule has 0 spiro atoms. The maximum Gasteiger partial charge on any atom is 0.240 e. The van der Waals surface area contributed by atoms with Gasteiger partial charge in [-0.05, 0) is 29.8 Å². The number of halogens is 1. The van der Waals surface area contributed by atoms with Crippen LogP contribution in [0.4, 0.5) is 0 Å². The van der Waals surface area contributed by atoms with Crippen LogP contribution < -0.4 is 5.14 Å². The Hall–Kier alpha value is 0.0900. The van der Waals surface area contributed by atoms with Crippen LogP contribution in [0.3, 0.4) is 0 Å². The predicted octanol–water partition coefficient (Wildman–Crippen LogP) is 1.77. The molecule has 0 amide bonds. The highest BCUT2D eigenvalue weighted by molar-refractivity contribution is 9.10. The van der Waals surface area contributed by atoms with E-state index in [-0.39, 0.29) is 4.90 Å². The average Bonchev–Trinajstić information content (AvgIpc) is 2.05. The molecular weight excluding hydrogens is 262 g/mol. The molecule has 0 atom stereocenters. The van der Waals surface area contributed by atoms with Gasteiger partial charge in [-0.3, -0.25) is 0 Å². The van der Waals surface area contributed by atoms with E-state index >= 15 is 0 Å². The van der Waals surface area contributed by atoms with Gasteiger partial charge in [0, 0.05) is 9.75 Å². The van der Waals surface area contributed by atoms with Crippen LogP contribution in [-0.2, 0) is 10.0 Å². The number of sulfonamides is 1. The molecule has 0 radical (unpaired) electrons. The largest absolute Gasteiger partial charge is 0.240 e. The molecule has 0 aromatic carbocycles. The number of hydrogen-bond donors (Lipinski definition) is 1. The third kappa shape index (κ3) is 1.71. The topological polar surface area (TPSA) is 60.2 Å². The van der Waals surface area contributed by atoms with Crippen LogP contribution >= 0.6 is 27.3 Å². The molecule has 0 aliphatic heterocycles. The molecule has 3 nitrogen and oxygen atoms in total. The number of thiophene rings is 1. The normalized spacial score (nSPS) is 12.0. The van der Waals surface area contributed by atoms with Gasteiger partial charge < -0.3 is 0 Å². The van der Waals surface area contributed by atoms with Crippen LogP contribution in [0, 0.1) is 13.8 Å². The van der Waals surface area contributed by atoms with Crippen molar-refractivity contribution in [2.24, 2.45) is 5.14 Å². The Kier molecular flexibility index (Phi) is 2.63. The smallest absolute Gasteiger partial charge is 0.225 e. The van der Waals surface area contributed by atoms with Crippen molar-refractivity contribution in [3.05, 3.63) is 14.2 Å². The second-order valence-electron chi connectivity index (χ2n) is 2.40. The molecule has 1 aromatic rings. The van der Waals surface area contributed by atoms with E-state index in [2.05, 4.69) is 15.9 Å². The lowest BCUT2D eigenvalue weighted by Gasteiger charge is -1.96. The van der Waals surface area contributed by atoms with Crippen LogP contribution in [0.2, 0.25) is 0 Å². The molecule has 0 fully saturated rings.